The third kappa shape index (κ3) is 3.91. The van der Waals surface area contributed by atoms with Crippen LogP contribution in [0.25, 0.3) is 11.1 Å². The number of benzene rings is 2. The van der Waals surface area contributed by atoms with Gasteiger partial charge in [0.05, 0.1) is 4.90 Å². The minimum atomic E-state index is -3.53. The number of rotatable bonds is 6. The van der Waals surface area contributed by atoms with E-state index in [1.165, 1.54) is 0 Å². The van der Waals surface area contributed by atoms with Crippen molar-refractivity contribution in [3.63, 3.8) is 0 Å². The Morgan fingerprint density at radius 1 is 1.00 bits per heavy atom. The van der Waals surface area contributed by atoms with Crippen LogP contribution in [0.2, 0.25) is 0 Å². The molecule has 0 saturated carbocycles. The minimum absolute atomic E-state index is 0.0728. The molecule has 2 aromatic carbocycles. The number of likely N-dealkylation sites (N-methyl/N-ethyl adjacent to an activating group) is 1. The van der Waals surface area contributed by atoms with E-state index in [9.17, 15) is 8.42 Å². The highest BCUT2D eigenvalue weighted by atomic mass is 32.2. The van der Waals surface area contributed by atoms with Crippen molar-refractivity contribution in [2.45, 2.75) is 17.9 Å². The summed E-state index contributed by atoms with van der Waals surface area (Å²) in [7, 11) is -1.73. The summed E-state index contributed by atoms with van der Waals surface area (Å²) >= 11 is 0. The van der Waals surface area contributed by atoms with Crippen LogP contribution < -0.4 is 10.0 Å². The molecule has 0 heterocycles. The zero-order chi connectivity index (χ0) is 15.3. The predicted molar refractivity (Wildman–Crippen MR) is 85.6 cm³/mol. The Kier molecular flexibility index (Phi) is 5.12. The van der Waals surface area contributed by atoms with E-state index in [-0.39, 0.29) is 6.04 Å². The third-order valence-corrected chi connectivity index (χ3v) is 4.82. The number of hydrogen-bond acceptors (Lipinski definition) is 3. The molecule has 0 aromatic heterocycles. The average Bonchev–Trinajstić information content (AvgIpc) is 2.53. The summed E-state index contributed by atoms with van der Waals surface area (Å²) in [4.78, 5) is 0.305. The van der Waals surface area contributed by atoms with Crippen LogP contribution in [-0.4, -0.2) is 28.1 Å². The molecule has 0 spiro atoms. The van der Waals surface area contributed by atoms with Crippen molar-refractivity contribution < 1.29 is 8.42 Å². The van der Waals surface area contributed by atoms with Crippen LogP contribution in [0.5, 0.6) is 0 Å². The van der Waals surface area contributed by atoms with E-state index < -0.39 is 10.0 Å². The van der Waals surface area contributed by atoms with E-state index in [2.05, 4.69) is 10.0 Å². The van der Waals surface area contributed by atoms with Gasteiger partial charge in [-0.15, -0.1) is 0 Å². The summed E-state index contributed by atoms with van der Waals surface area (Å²) in [6.45, 7) is 2.27. The molecule has 1 atom stereocenters. The molecule has 1 unspecified atom stereocenters. The van der Waals surface area contributed by atoms with Gasteiger partial charge in [0.1, 0.15) is 0 Å². The topological polar surface area (TPSA) is 58.2 Å². The Bertz CT molecular complexity index is 684. The second-order valence-electron chi connectivity index (χ2n) is 4.90. The van der Waals surface area contributed by atoms with Crippen LogP contribution in [0.4, 0.5) is 0 Å². The second kappa shape index (κ2) is 6.85. The molecule has 2 N–H and O–H groups in total. The lowest BCUT2D eigenvalue weighted by molar-refractivity contribution is 0.554. The highest BCUT2D eigenvalue weighted by molar-refractivity contribution is 7.89. The Hall–Kier alpha value is -1.69. The highest BCUT2D eigenvalue weighted by Crippen LogP contribution is 2.26. The fraction of sp³-hybridized carbons (Fsp3) is 0.250. The van der Waals surface area contributed by atoms with Gasteiger partial charge in [-0.3, -0.25) is 0 Å². The second-order valence-corrected chi connectivity index (χ2v) is 6.64. The molecule has 2 rings (SSSR count). The maximum Gasteiger partial charge on any atom is 0.241 e. The molecule has 0 aliphatic carbocycles. The molecule has 0 radical (unpaired) electrons. The monoisotopic (exact) mass is 304 g/mol. The summed E-state index contributed by atoms with van der Waals surface area (Å²) in [5.41, 5.74) is 1.60. The van der Waals surface area contributed by atoms with Crippen molar-refractivity contribution in [1.29, 1.82) is 0 Å². The first-order chi connectivity index (χ1) is 10.0. The Morgan fingerprint density at radius 3 is 2.29 bits per heavy atom. The Labute approximate surface area is 126 Å². The van der Waals surface area contributed by atoms with Crippen LogP contribution in [0.3, 0.4) is 0 Å². The molecule has 0 bridgehead atoms. The fourth-order valence-corrected chi connectivity index (χ4v) is 3.33. The maximum absolute atomic E-state index is 12.5. The van der Waals surface area contributed by atoms with Crippen LogP contribution in [-0.2, 0) is 10.0 Å². The first-order valence-corrected chi connectivity index (χ1v) is 8.34. The summed E-state index contributed by atoms with van der Waals surface area (Å²) in [6, 6.07) is 16.6. The smallest absolute Gasteiger partial charge is 0.241 e. The molecule has 21 heavy (non-hydrogen) atoms. The van der Waals surface area contributed by atoms with E-state index in [0.717, 1.165) is 5.56 Å². The van der Waals surface area contributed by atoms with Crippen LogP contribution >= 0.6 is 0 Å². The third-order valence-electron chi connectivity index (χ3n) is 3.33. The molecule has 112 valence electrons. The van der Waals surface area contributed by atoms with Crippen molar-refractivity contribution in [3.8, 4) is 11.1 Å². The number of sulfonamides is 1. The summed E-state index contributed by atoms with van der Waals surface area (Å²) in [5.74, 6) is 0. The van der Waals surface area contributed by atoms with Crippen LogP contribution in [0.15, 0.2) is 59.5 Å². The summed E-state index contributed by atoms with van der Waals surface area (Å²) < 4.78 is 27.7. The molecular weight excluding hydrogens is 284 g/mol. The molecule has 0 saturated heterocycles. The van der Waals surface area contributed by atoms with Gasteiger partial charge in [-0.1, -0.05) is 48.5 Å². The standard InChI is InChI=1S/C16H20N2O2S/c1-13(17-2)12-18-21(19,20)16-11-7-6-10-15(16)14-8-4-3-5-9-14/h3-11,13,17-18H,12H2,1-2H3. The summed E-state index contributed by atoms with van der Waals surface area (Å²) in [6.07, 6.45) is 0. The van der Waals surface area contributed by atoms with Gasteiger partial charge < -0.3 is 5.32 Å². The molecule has 5 heteroatoms. The van der Waals surface area contributed by atoms with Crippen molar-refractivity contribution in [3.05, 3.63) is 54.6 Å². The first-order valence-electron chi connectivity index (χ1n) is 6.86. The van der Waals surface area contributed by atoms with E-state index in [1.807, 2.05) is 49.4 Å². The first kappa shape index (κ1) is 15.7. The number of hydrogen-bond donors (Lipinski definition) is 2. The molecular formula is C16H20N2O2S. The van der Waals surface area contributed by atoms with Crippen LogP contribution in [0, 0.1) is 0 Å². The van der Waals surface area contributed by atoms with Gasteiger partial charge in [0.15, 0.2) is 0 Å². The SMILES string of the molecule is CNC(C)CNS(=O)(=O)c1ccccc1-c1ccccc1. The van der Waals surface area contributed by atoms with Crippen molar-refractivity contribution in [2.75, 3.05) is 13.6 Å². The van der Waals surface area contributed by atoms with Gasteiger partial charge in [-0.2, -0.15) is 0 Å². The minimum Gasteiger partial charge on any atom is -0.316 e. The summed E-state index contributed by atoms with van der Waals surface area (Å²) in [5, 5.41) is 3.01. The Balaban J connectivity index is 2.36. The van der Waals surface area contributed by atoms with Gasteiger partial charge in [0.25, 0.3) is 0 Å². The van der Waals surface area contributed by atoms with E-state index >= 15 is 0 Å². The zero-order valence-corrected chi connectivity index (χ0v) is 13.0. The molecule has 0 aliphatic heterocycles. The van der Waals surface area contributed by atoms with E-state index in [0.29, 0.717) is 17.0 Å². The van der Waals surface area contributed by atoms with Gasteiger partial charge in [-0.05, 0) is 25.6 Å². The molecule has 2 aromatic rings. The molecule has 4 nitrogen and oxygen atoms in total. The quantitative estimate of drug-likeness (QED) is 0.860. The fourth-order valence-electron chi connectivity index (χ4n) is 1.97. The lowest BCUT2D eigenvalue weighted by Crippen LogP contribution is -2.37. The normalized spacial score (nSPS) is 13.0. The lowest BCUT2D eigenvalue weighted by atomic mass is 10.1. The Morgan fingerprint density at radius 2 is 1.62 bits per heavy atom. The number of nitrogens with one attached hydrogen (secondary N) is 2. The van der Waals surface area contributed by atoms with Gasteiger partial charge in [-0.25, -0.2) is 13.1 Å². The maximum atomic E-state index is 12.5. The highest BCUT2D eigenvalue weighted by Gasteiger charge is 2.19. The molecule has 0 amide bonds. The average molecular weight is 304 g/mol. The van der Waals surface area contributed by atoms with Crippen molar-refractivity contribution in [1.82, 2.24) is 10.0 Å². The van der Waals surface area contributed by atoms with Crippen molar-refractivity contribution in [2.24, 2.45) is 0 Å². The van der Waals surface area contributed by atoms with E-state index in [1.54, 1.807) is 19.2 Å². The van der Waals surface area contributed by atoms with Crippen molar-refractivity contribution >= 4 is 10.0 Å². The van der Waals surface area contributed by atoms with Gasteiger partial charge in [0, 0.05) is 18.2 Å². The lowest BCUT2D eigenvalue weighted by Gasteiger charge is -2.14. The van der Waals surface area contributed by atoms with E-state index in [4.69, 9.17) is 0 Å². The molecule has 0 aliphatic rings. The molecule has 0 fully saturated rings. The van der Waals surface area contributed by atoms with Gasteiger partial charge in [0.2, 0.25) is 10.0 Å². The zero-order valence-electron chi connectivity index (χ0n) is 12.2. The largest absolute Gasteiger partial charge is 0.316 e. The van der Waals surface area contributed by atoms with Crippen LogP contribution in [0.1, 0.15) is 6.92 Å². The predicted octanol–water partition coefficient (Wildman–Crippen LogP) is 2.24. The van der Waals surface area contributed by atoms with Gasteiger partial charge >= 0.3 is 0 Å².